The Bertz CT molecular complexity index is 1250. The molecule has 152 valence electrons. The van der Waals surface area contributed by atoms with Gasteiger partial charge in [0, 0.05) is 31.1 Å². The molecule has 2 aromatic heterocycles. The lowest BCUT2D eigenvalue weighted by molar-refractivity contribution is 0.0817. The van der Waals surface area contributed by atoms with Crippen LogP contribution in [0.4, 0.5) is 17.1 Å². The molecule has 3 heterocycles. The van der Waals surface area contributed by atoms with E-state index in [1.54, 1.807) is 42.3 Å². The zero-order chi connectivity index (χ0) is 22.0. The van der Waals surface area contributed by atoms with Gasteiger partial charge in [0.15, 0.2) is 5.75 Å². The van der Waals surface area contributed by atoms with Gasteiger partial charge in [-0.25, -0.2) is 4.85 Å². The van der Waals surface area contributed by atoms with Crippen LogP contribution in [0.5, 0.6) is 5.75 Å². The molecular formula is C23H18N6O2. The number of pyridine rings is 2. The Kier molecular flexibility index (Phi) is 5.21. The third-order valence-corrected chi connectivity index (χ3v) is 5.00. The number of hydrogen-bond acceptors (Lipinski definition) is 6. The fourth-order valence-corrected chi connectivity index (χ4v) is 3.55. The van der Waals surface area contributed by atoms with E-state index in [1.807, 2.05) is 6.07 Å². The Hall–Kier alpha value is -4.43. The van der Waals surface area contributed by atoms with Gasteiger partial charge in [0.2, 0.25) is 5.69 Å². The molecule has 0 unspecified atom stereocenters. The number of fused-ring (bicyclic) bond motifs is 1. The minimum atomic E-state index is -0.119. The number of carbonyl (C=O) groups excluding carboxylic acids is 1. The second kappa shape index (κ2) is 8.13. The second-order valence-electron chi connectivity index (χ2n) is 7.06. The monoisotopic (exact) mass is 410 g/mol. The summed E-state index contributed by atoms with van der Waals surface area (Å²) in [7, 11) is 3.23. The highest BCUT2D eigenvalue weighted by Gasteiger charge is 2.30. The summed E-state index contributed by atoms with van der Waals surface area (Å²) in [5.74, 6) is 0.291. The maximum absolute atomic E-state index is 12.7. The number of methoxy groups -OCH3 is 1. The normalized spacial score (nSPS) is 12.1. The van der Waals surface area contributed by atoms with Crippen LogP contribution in [0.3, 0.4) is 0 Å². The number of anilines is 2. The van der Waals surface area contributed by atoms with E-state index < -0.39 is 0 Å². The van der Waals surface area contributed by atoms with Crippen LogP contribution in [0.1, 0.15) is 33.0 Å². The molecule has 1 N–H and O–H groups in total. The van der Waals surface area contributed by atoms with Gasteiger partial charge in [0.1, 0.15) is 6.07 Å². The molecule has 0 spiro atoms. The summed E-state index contributed by atoms with van der Waals surface area (Å²) >= 11 is 0. The van der Waals surface area contributed by atoms with Crippen molar-refractivity contribution < 1.29 is 9.53 Å². The molecule has 0 fully saturated rings. The molecule has 8 heteroatoms. The third-order valence-electron chi connectivity index (χ3n) is 5.00. The second-order valence-corrected chi connectivity index (χ2v) is 7.06. The van der Waals surface area contributed by atoms with Crippen molar-refractivity contribution in [3.8, 4) is 11.8 Å². The van der Waals surface area contributed by atoms with Crippen molar-refractivity contribution in [2.24, 2.45) is 0 Å². The van der Waals surface area contributed by atoms with E-state index in [9.17, 15) is 10.1 Å². The quantitative estimate of drug-likeness (QED) is 0.643. The number of carbonyl (C=O) groups is 1. The first-order chi connectivity index (χ1) is 15.0. The van der Waals surface area contributed by atoms with E-state index in [0.29, 0.717) is 52.6 Å². The van der Waals surface area contributed by atoms with Gasteiger partial charge in [-0.2, -0.15) is 5.26 Å². The Labute approximate surface area is 179 Å². The van der Waals surface area contributed by atoms with Gasteiger partial charge in [-0.1, -0.05) is 18.2 Å². The van der Waals surface area contributed by atoms with Gasteiger partial charge in [-0.15, -0.1) is 0 Å². The summed E-state index contributed by atoms with van der Waals surface area (Å²) in [5.41, 5.74) is 4.75. The van der Waals surface area contributed by atoms with Gasteiger partial charge in [-0.05, 0) is 18.2 Å². The van der Waals surface area contributed by atoms with Gasteiger partial charge >= 0.3 is 0 Å². The maximum atomic E-state index is 12.7. The van der Waals surface area contributed by atoms with Gasteiger partial charge in [-0.3, -0.25) is 14.8 Å². The smallest absolute Gasteiger partial charge is 0.257 e. The van der Waals surface area contributed by atoms with E-state index in [4.69, 9.17) is 11.3 Å². The van der Waals surface area contributed by atoms with Crippen molar-refractivity contribution in [3.63, 3.8) is 0 Å². The predicted molar refractivity (Wildman–Crippen MR) is 114 cm³/mol. The number of rotatable bonds is 5. The molecule has 4 rings (SSSR count). The Morgan fingerprint density at radius 2 is 2.13 bits per heavy atom. The first kappa shape index (κ1) is 19.9. The highest BCUT2D eigenvalue weighted by Crippen LogP contribution is 2.35. The van der Waals surface area contributed by atoms with Crippen molar-refractivity contribution in [3.05, 3.63) is 82.2 Å². The number of benzene rings is 1. The summed E-state index contributed by atoms with van der Waals surface area (Å²) in [4.78, 5) is 26.7. The number of ether oxygens (including phenoxy) is 1. The molecule has 1 amide bonds. The van der Waals surface area contributed by atoms with Crippen LogP contribution in [-0.2, 0) is 13.0 Å². The lowest BCUT2D eigenvalue weighted by Gasteiger charge is -2.15. The summed E-state index contributed by atoms with van der Waals surface area (Å²) in [6, 6.07) is 12.7. The molecule has 1 aliphatic rings. The molecule has 0 aliphatic carbocycles. The molecule has 0 radical (unpaired) electrons. The molecule has 8 nitrogen and oxygen atoms in total. The van der Waals surface area contributed by atoms with E-state index in [2.05, 4.69) is 26.2 Å². The van der Waals surface area contributed by atoms with E-state index in [1.165, 1.54) is 13.3 Å². The molecule has 1 aliphatic heterocycles. The van der Waals surface area contributed by atoms with Gasteiger partial charge in [0.25, 0.3) is 5.91 Å². The molecule has 0 bridgehead atoms. The molecule has 1 aromatic carbocycles. The lowest BCUT2D eigenvalue weighted by Crippen LogP contribution is -2.18. The molecule has 0 atom stereocenters. The Balaban J connectivity index is 1.76. The minimum absolute atomic E-state index is 0.119. The van der Waals surface area contributed by atoms with Crippen LogP contribution in [0.25, 0.3) is 4.85 Å². The van der Waals surface area contributed by atoms with Crippen molar-refractivity contribution in [1.29, 1.82) is 5.26 Å². The van der Waals surface area contributed by atoms with Crippen molar-refractivity contribution in [2.45, 2.75) is 13.0 Å². The zero-order valence-corrected chi connectivity index (χ0v) is 17.0. The molecule has 0 saturated carbocycles. The average molecular weight is 410 g/mol. The Morgan fingerprint density at radius 1 is 1.29 bits per heavy atom. The molecule has 0 saturated heterocycles. The maximum Gasteiger partial charge on any atom is 0.257 e. The predicted octanol–water partition coefficient (Wildman–Crippen LogP) is 3.83. The number of nitrogens with zero attached hydrogens (tertiary/aromatic N) is 5. The minimum Gasteiger partial charge on any atom is -0.493 e. The molecule has 31 heavy (non-hydrogen) atoms. The standard InChI is InChI=1S/C23H18N6O2/c1-25-16-8-7-15(26-12-16)9-17-10-19(21-20(27-17)13-29(2)23(21)30)28-18-6-4-5-14(11-24)22(18)31-3/h4-8,10,12H,9,13H2,2-3H3,(H,27,28). The van der Waals surface area contributed by atoms with E-state index in [-0.39, 0.29) is 5.91 Å². The van der Waals surface area contributed by atoms with E-state index in [0.717, 1.165) is 11.4 Å². The number of hydrogen-bond donors (Lipinski definition) is 1. The zero-order valence-electron chi connectivity index (χ0n) is 17.0. The van der Waals surface area contributed by atoms with Crippen LogP contribution >= 0.6 is 0 Å². The highest BCUT2D eigenvalue weighted by atomic mass is 16.5. The lowest BCUT2D eigenvalue weighted by atomic mass is 10.1. The first-order valence-corrected chi connectivity index (χ1v) is 9.48. The fraction of sp³-hybridized carbons (Fsp3) is 0.174. The number of amides is 1. The van der Waals surface area contributed by atoms with E-state index >= 15 is 0 Å². The number of nitrogens with one attached hydrogen (secondary N) is 1. The number of nitriles is 1. The summed E-state index contributed by atoms with van der Waals surface area (Å²) in [5, 5.41) is 12.6. The van der Waals surface area contributed by atoms with Gasteiger partial charge in [0.05, 0.1) is 48.4 Å². The molecule has 3 aromatic rings. The van der Waals surface area contributed by atoms with Crippen LogP contribution in [0.15, 0.2) is 42.6 Å². The van der Waals surface area contributed by atoms with Gasteiger partial charge < -0.3 is 15.0 Å². The first-order valence-electron chi connectivity index (χ1n) is 9.48. The Morgan fingerprint density at radius 3 is 2.81 bits per heavy atom. The third kappa shape index (κ3) is 3.75. The SMILES string of the molecule is [C-]#[N+]c1ccc(Cc2cc(Nc3cccc(C#N)c3OC)c3c(n2)CN(C)C3=O)nc1. The molecular weight excluding hydrogens is 392 g/mol. The number of aromatic nitrogens is 2. The average Bonchev–Trinajstić information content (AvgIpc) is 3.07. The largest absolute Gasteiger partial charge is 0.493 e. The van der Waals surface area contributed by atoms with Crippen molar-refractivity contribution >= 4 is 23.0 Å². The van der Waals surface area contributed by atoms with Crippen molar-refractivity contribution in [1.82, 2.24) is 14.9 Å². The van der Waals surface area contributed by atoms with Crippen LogP contribution in [0.2, 0.25) is 0 Å². The van der Waals surface area contributed by atoms with Crippen molar-refractivity contribution in [2.75, 3.05) is 19.5 Å². The van der Waals surface area contributed by atoms with Crippen LogP contribution in [0, 0.1) is 17.9 Å². The topological polar surface area (TPSA) is 95.5 Å². The van der Waals surface area contributed by atoms with Crippen LogP contribution < -0.4 is 10.1 Å². The fourth-order valence-electron chi connectivity index (χ4n) is 3.55. The summed E-state index contributed by atoms with van der Waals surface area (Å²) in [6.45, 7) is 7.46. The summed E-state index contributed by atoms with van der Waals surface area (Å²) in [6.07, 6.45) is 1.98. The summed E-state index contributed by atoms with van der Waals surface area (Å²) < 4.78 is 5.42. The number of para-hydroxylation sites is 1. The highest BCUT2D eigenvalue weighted by molar-refractivity contribution is 6.03. The van der Waals surface area contributed by atoms with Crippen LogP contribution in [-0.4, -0.2) is 34.9 Å².